The van der Waals surface area contributed by atoms with Gasteiger partial charge in [-0.3, -0.25) is 0 Å². The third-order valence-corrected chi connectivity index (χ3v) is 16.1. The molecule has 0 N–H and O–H groups in total. The van der Waals surface area contributed by atoms with Gasteiger partial charge in [-0.25, -0.2) is 0 Å². The molecule has 0 amide bonds. The van der Waals surface area contributed by atoms with Crippen molar-refractivity contribution in [1.29, 1.82) is 0 Å². The maximum absolute atomic E-state index is 2.56. The molecule has 2 bridgehead atoms. The van der Waals surface area contributed by atoms with Crippen molar-refractivity contribution >= 4 is 27.8 Å². The second kappa shape index (κ2) is 10.1. The molecule has 53 heavy (non-hydrogen) atoms. The van der Waals surface area contributed by atoms with Gasteiger partial charge in [0.15, 0.2) is 0 Å². The molecule has 6 aliphatic carbocycles. The van der Waals surface area contributed by atoms with Crippen LogP contribution in [0.25, 0.3) is 33.0 Å². The molecule has 4 saturated carbocycles. The van der Waals surface area contributed by atoms with E-state index >= 15 is 0 Å². The summed E-state index contributed by atoms with van der Waals surface area (Å²) < 4.78 is 0. The highest BCUT2D eigenvalue weighted by molar-refractivity contribution is 5.91. The maximum Gasteiger partial charge on any atom is 0.0502 e. The first-order valence-corrected chi connectivity index (χ1v) is 20.5. The van der Waals surface area contributed by atoms with Gasteiger partial charge in [0.25, 0.3) is 0 Å². The zero-order valence-electron chi connectivity index (χ0n) is 31.6. The quantitative estimate of drug-likeness (QED) is 0.178. The van der Waals surface area contributed by atoms with E-state index in [2.05, 4.69) is 160 Å². The highest BCUT2D eigenvalue weighted by Gasteiger charge is 2.84. The van der Waals surface area contributed by atoms with Crippen LogP contribution in [0.3, 0.4) is 0 Å². The van der Waals surface area contributed by atoms with Crippen LogP contribution in [0.5, 0.6) is 0 Å². The van der Waals surface area contributed by atoms with Gasteiger partial charge in [-0.1, -0.05) is 119 Å². The van der Waals surface area contributed by atoms with Gasteiger partial charge in [0.2, 0.25) is 0 Å². The molecule has 1 nitrogen and oxygen atoms in total. The van der Waals surface area contributed by atoms with E-state index in [4.69, 9.17) is 0 Å². The third-order valence-electron chi connectivity index (χ3n) is 16.1. The number of hydrogen-bond acceptors (Lipinski definition) is 1. The van der Waals surface area contributed by atoms with Crippen LogP contribution in [-0.2, 0) is 16.2 Å². The molecule has 6 aromatic carbocycles. The lowest BCUT2D eigenvalue weighted by atomic mass is 9.27. The predicted molar refractivity (Wildman–Crippen MR) is 220 cm³/mol. The summed E-state index contributed by atoms with van der Waals surface area (Å²) in [5.41, 5.74) is 16.8. The number of rotatable bonds is 4. The topological polar surface area (TPSA) is 3.24 Å². The second-order valence-corrected chi connectivity index (χ2v) is 19.2. The lowest BCUT2D eigenvalue weighted by Gasteiger charge is -2.76. The Morgan fingerprint density at radius 1 is 0.528 bits per heavy atom. The van der Waals surface area contributed by atoms with Crippen LogP contribution in [0.15, 0.2) is 127 Å². The molecule has 0 aromatic heterocycles. The van der Waals surface area contributed by atoms with E-state index in [1.807, 2.05) is 0 Å². The predicted octanol–water partition coefficient (Wildman–Crippen LogP) is 13.7. The Morgan fingerprint density at radius 3 is 2.08 bits per heavy atom. The minimum atomic E-state index is 0.0765. The van der Waals surface area contributed by atoms with Crippen molar-refractivity contribution in [1.82, 2.24) is 0 Å². The maximum atomic E-state index is 2.56. The lowest BCUT2D eigenvalue weighted by Crippen LogP contribution is -2.73. The van der Waals surface area contributed by atoms with Gasteiger partial charge in [-0.2, -0.15) is 0 Å². The summed E-state index contributed by atoms with van der Waals surface area (Å²) in [6.45, 7) is 9.76. The van der Waals surface area contributed by atoms with Gasteiger partial charge in [0, 0.05) is 16.8 Å². The summed E-state index contributed by atoms with van der Waals surface area (Å²) >= 11 is 0. The number of nitrogens with zero attached hydrogens (tertiary/aromatic N) is 1. The molecule has 4 fully saturated rings. The Bertz CT molecular complexity index is 2520. The molecule has 0 saturated heterocycles. The molecule has 6 atom stereocenters. The van der Waals surface area contributed by atoms with Crippen LogP contribution in [-0.4, -0.2) is 0 Å². The normalized spacial score (nSPS) is 29.9. The number of benzene rings is 6. The SMILES string of the molecule is CC1(C)CCC(C)(C)c2c(N(c3ccc(-c4ccc5c(c4)-c4ccccc4C54C5CC6CC7CC4C75C6)cc3)c3ccc4ccccc4c3)cccc21. The highest BCUT2D eigenvalue weighted by Crippen LogP contribution is 2.89. The molecular weight excluding hydrogens is 639 g/mol. The molecular formula is C52H49N. The Labute approximate surface area is 315 Å². The van der Waals surface area contributed by atoms with Crippen molar-refractivity contribution in [3.63, 3.8) is 0 Å². The van der Waals surface area contributed by atoms with Crippen molar-refractivity contribution in [3.8, 4) is 22.3 Å². The first-order chi connectivity index (χ1) is 25.7. The fourth-order valence-corrected chi connectivity index (χ4v) is 13.9. The van der Waals surface area contributed by atoms with Gasteiger partial charge in [-0.15, -0.1) is 0 Å². The van der Waals surface area contributed by atoms with Gasteiger partial charge in [0.1, 0.15) is 0 Å². The summed E-state index contributed by atoms with van der Waals surface area (Å²) in [4.78, 5) is 2.54. The van der Waals surface area contributed by atoms with Gasteiger partial charge in [-0.05, 0) is 170 Å². The van der Waals surface area contributed by atoms with E-state index < -0.39 is 0 Å². The minimum absolute atomic E-state index is 0.0765. The zero-order chi connectivity index (χ0) is 35.5. The molecule has 6 aliphatic rings. The molecule has 0 heterocycles. The first-order valence-electron chi connectivity index (χ1n) is 20.5. The molecule has 12 rings (SSSR count). The van der Waals surface area contributed by atoms with E-state index in [0.717, 1.165) is 23.7 Å². The molecule has 0 aliphatic heterocycles. The first kappa shape index (κ1) is 30.8. The second-order valence-electron chi connectivity index (χ2n) is 19.2. The minimum Gasteiger partial charge on any atom is -0.310 e. The van der Waals surface area contributed by atoms with Gasteiger partial charge in [0.05, 0.1) is 5.69 Å². The Kier molecular flexibility index (Phi) is 5.88. The zero-order valence-corrected chi connectivity index (χ0v) is 31.6. The summed E-state index contributed by atoms with van der Waals surface area (Å²) in [6, 6.07) is 49.3. The van der Waals surface area contributed by atoms with Crippen LogP contribution in [0.2, 0.25) is 0 Å². The van der Waals surface area contributed by atoms with Crippen molar-refractivity contribution < 1.29 is 0 Å². The van der Waals surface area contributed by atoms with Crippen LogP contribution >= 0.6 is 0 Å². The van der Waals surface area contributed by atoms with Crippen molar-refractivity contribution in [2.24, 2.45) is 29.1 Å². The number of hydrogen-bond donors (Lipinski definition) is 0. The third kappa shape index (κ3) is 3.75. The van der Waals surface area contributed by atoms with E-state index in [1.54, 1.807) is 11.1 Å². The Morgan fingerprint density at radius 2 is 1.23 bits per heavy atom. The molecule has 1 heteroatoms. The van der Waals surface area contributed by atoms with Crippen molar-refractivity contribution in [2.45, 2.75) is 82.5 Å². The van der Waals surface area contributed by atoms with Crippen LogP contribution in [0, 0.1) is 29.1 Å². The standard InChI is InChI=1S/C52H49N/c1-49(2)24-25-50(3,4)48-44(49)14-9-15-45(48)53(39-22-18-33-10-5-6-11-35(33)28-39)38-20-16-34(17-21-38)36-19-23-43-41(29-36)40-12-7-8-13-42(40)52(43)46-27-32-26-37-30-47(52)51(37,46)31-32/h5-23,28-29,32,37,46-47H,24-27,30-31H2,1-4H3. The highest BCUT2D eigenvalue weighted by atomic mass is 15.1. The van der Waals surface area contributed by atoms with Crippen LogP contribution in [0.4, 0.5) is 17.1 Å². The van der Waals surface area contributed by atoms with Crippen LogP contribution in [0.1, 0.15) is 88.5 Å². The Hall–Kier alpha value is -4.62. The molecule has 262 valence electrons. The average molecular weight is 688 g/mol. The molecule has 6 unspecified atom stereocenters. The largest absolute Gasteiger partial charge is 0.310 e. The fourth-order valence-electron chi connectivity index (χ4n) is 13.9. The van der Waals surface area contributed by atoms with Gasteiger partial charge < -0.3 is 4.90 Å². The van der Waals surface area contributed by atoms with Crippen LogP contribution < -0.4 is 4.90 Å². The Balaban J connectivity index is 0.974. The van der Waals surface area contributed by atoms with Crippen molar-refractivity contribution in [2.75, 3.05) is 4.90 Å². The monoisotopic (exact) mass is 687 g/mol. The summed E-state index contributed by atoms with van der Waals surface area (Å²) in [7, 11) is 0. The summed E-state index contributed by atoms with van der Waals surface area (Å²) in [5.74, 6) is 3.70. The van der Waals surface area contributed by atoms with E-state index in [0.29, 0.717) is 5.41 Å². The smallest absolute Gasteiger partial charge is 0.0502 e. The van der Waals surface area contributed by atoms with E-state index in [9.17, 15) is 0 Å². The molecule has 2 spiro atoms. The van der Waals surface area contributed by atoms with E-state index in [1.165, 1.54) is 99.7 Å². The number of fused-ring (bicyclic) bond motifs is 10. The summed E-state index contributed by atoms with van der Waals surface area (Å²) in [5, 5.41) is 2.55. The van der Waals surface area contributed by atoms with Crippen molar-refractivity contribution in [3.05, 3.63) is 150 Å². The van der Waals surface area contributed by atoms with E-state index in [-0.39, 0.29) is 16.2 Å². The summed E-state index contributed by atoms with van der Waals surface area (Å²) in [6.07, 6.45) is 8.34. The molecule has 0 radical (unpaired) electrons. The lowest BCUT2D eigenvalue weighted by molar-refractivity contribution is -0.231. The average Bonchev–Trinajstić information content (AvgIpc) is 3.81. The van der Waals surface area contributed by atoms with Gasteiger partial charge >= 0.3 is 0 Å². The fraction of sp³-hybridized carbons (Fsp3) is 0.346. The number of anilines is 3. The molecule has 6 aromatic rings.